The largest absolute Gasteiger partial charge is 0.516 e. The van der Waals surface area contributed by atoms with Crippen LogP contribution in [0.4, 0.5) is 17.6 Å². The summed E-state index contributed by atoms with van der Waals surface area (Å²) in [5.41, 5.74) is -1.14. The van der Waals surface area contributed by atoms with Gasteiger partial charge in [0.15, 0.2) is 17.5 Å². The first-order valence-corrected chi connectivity index (χ1v) is 13.3. The number of halogens is 4. The molecule has 0 aliphatic carbocycles. The molecule has 1 aromatic carbocycles. The molecule has 0 atom stereocenters. The smallest absolute Gasteiger partial charge is 0.330 e. The summed E-state index contributed by atoms with van der Waals surface area (Å²) in [6, 6.07) is 0. The topological polar surface area (TPSA) is 26.3 Å². The van der Waals surface area contributed by atoms with Crippen molar-refractivity contribution in [2.45, 2.75) is 39.3 Å². The fourth-order valence-electron chi connectivity index (χ4n) is 1.80. The maximum atomic E-state index is 14.4. The molecule has 1 rings (SSSR count). The molecule has 118 valence electrons. The van der Waals surface area contributed by atoms with E-state index in [-0.39, 0.29) is 0 Å². The third-order valence-electron chi connectivity index (χ3n) is 2.62. The first-order valence-electron chi connectivity index (χ1n) is 6.37. The molecule has 0 heterocycles. The summed E-state index contributed by atoms with van der Waals surface area (Å²) in [6.45, 7) is 9.62. The number of hydrogen-bond donors (Lipinski definition) is 0. The Morgan fingerprint density at radius 2 is 1.29 bits per heavy atom. The van der Waals surface area contributed by atoms with Crippen LogP contribution < -0.4 is 5.19 Å². The van der Waals surface area contributed by atoms with E-state index in [0.717, 1.165) is 0 Å². The quantitative estimate of drug-likeness (QED) is 0.363. The van der Waals surface area contributed by atoms with E-state index in [1.165, 1.54) is 0 Å². The van der Waals surface area contributed by atoms with Crippen molar-refractivity contribution in [2.24, 2.45) is 0 Å². The lowest BCUT2D eigenvalue weighted by Gasteiger charge is -2.22. The molecular weight excluding hydrogens is 320 g/mol. The normalized spacial score (nSPS) is 12.5. The Labute approximate surface area is 123 Å². The zero-order valence-electron chi connectivity index (χ0n) is 12.8. The van der Waals surface area contributed by atoms with Crippen LogP contribution in [0.1, 0.15) is 10.4 Å². The molecular formula is C13H18F4O2Si2. The molecule has 0 fully saturated rings. The Hall–Kier alpha value is -1.16. The van der Waals surface area contributed by atoms with Crippen molar-refractivity contribution in [2.75, 3.05) is 0 Å². The molecule has 0 radical (unpaired) electrons. The van der Waals surface area contributed by atoms with Gasteiger partial charge in [0.25, 0.3) is 0 Å². The number of benzene rings is 1. The lowest BCUT2D eigenvalue weighted by Crippen LogP contribution is -2.45. The molecule has 0 saturated heterocycles. The monoisotopic (exact) mass is 338 g/mol. The molecule has 2 nitrogen and oxygen atoms in total. The molecule has 0 N–H and O–H groups in total. The van der Waals surface area contributed by atoms with Crippen LogP contribution in [0.25, 0.3) is 0 Å². The van der Waals surface area contributed by atoms with Crippen LogP contribution in [-0.2, 0) is 4.43 Å². The van der Waals surface area contributed by atoms with Gasteiger partial charge in [-0.1, -0.05) is 19.6 Å². The maximum Gasteiger partial charge on any atom is 0.330 e. The zero-order chi connectivity index (χ0) is 16.7. The fourth-order valence-corrected chi connectivity index (χ4v) is 4.01. The molecule has 0 bridgehead atoms. The summed E-state index contributed by atoms with van der Waals surface area (Å²) in [5.74, 6) is -7.88. The molecule has 1 aromatic rings. The molecule has 0 aliphatic heterocycles. The average molecular weight is 338 g/mol. The summed E-state index contributed by atoms with van der Waals surface area (Å²) in [5, 5.41) is -0.538. The van der Waals surface area contributed by atoms with Gasteiger partial charge < -0.3 is 4.43 Å². The Bertz CT molecular complexity index is 590. The lowest BCUT2D eigenvalue weighted by atomic mass is 10.2. The highest BCUT2D eigenvalue weighted by Crippen LogP contribution is 2.23. The van der Waals surface area contributed by atoms with Gasteiger partial charge in [-0.3, -0.25) is 0 Å². The van der Waals surface area contributed by atoms with Gasteiger partial charge >= 0.3 is 5.97 Å². The van der Waals surface area contributed by atoms with Crippen LogP contribution in [0.5, 0.6) is 0 Å². The van der Waals surface area contributed by atoms with E-state index in [1.807, 2.05) is 0 Å². The maximum absolute atomic E-state index is 14.4. The standard InChI is InChI=1S/C13H18F4O2Si2/c1-20(2,3)12-9(15)7(8(14)10(16)11(12)17)13(18)19-21(4,5)6/h1-6H3. The molecule has 8 heteroatoms. The van der Waals surface area contributed by atoms with Crippen LogP contribution in [0.3, 0.4) is 0 Å². The Balaban J connectivity index is 3.61. The van der Waals surface area contributed by atoms with Crippen LogP contribution in [0.2, 0.25) is 39.3 Å². The predicted octanol–water partition coefficient (Wildman–Crippen LogP) is 3.78. The van der Waals surface area contributed by atoms with Crippen molar-refractivity contribution in [1.29, 1.82) is 0 Å². The summed E-state index contributed by atoms with van der Waals surface area (Å²) in [6.07, 6.45) is 0. The van der Waals surface area contributed by atoms with Crippen molar-refractivity contribution in [3.05, 3.63) is 28.8 Å². The van der Waals surface area contributed by atoms with E-state index in [0.29, 0.717) is 0 Å². The molecule has 0 aromatic heterocycles. The molecule has 0 spiro atoms. The van der Waals surface area contributed by atoms with Crippen molar-refractivity contribution in [3.8, 4) is 0 Å². The van der Waals surface area contributed by atoms with E-state index in [1.54, 1.807) is 39.3 Å². The lowest BCUT2D eigenvalue weighted by molar-refractivity contribution is 0.0713. The van der Waals surface area contributed by atoms with Crippen molar-refractivity contribution < 1.29 is 26.8 Å². The first-order chi connectivity index (χ1) is 9.27. The first kappa shape index (κ1) is 17.9. The third-order valence-corrected chi connectivity index (χ3v) is 5.35. The highest BCUT2D eigenvalue weighted by atomic mass is 28.4. The van der Waals surface area contributed by atoms with Gasteiger partial charge in [-0.15, -0.1) is 0 Å². The predicted molar refractivity (Wildman–Crippen MR) is 78.0 cm³/mol. The van der Waals surface area contributed by atoms with Gasteiger partial charge in [-0.05, 0) is 19.6 Å². The van der Waals surface area contributed by atoms with Crippen LogP contribution in [0.15, 0.2) is 0 Å². The minimum atomic E-state index is -2.67. The van der Waals surface area contributed by atoms with Crippen molar-refractivity contribution in [1.82, 2.24) is 0 Å². The molecule has 21 heavy (non-hydrogen) atoms. The summed E-state index contributed by atoms with van der Waals surface area (Å²) in [7, 11) is -5.10. The van der Waals surface area contributed by atoms with E-state index in [4.69, 9.17) is 4.43 Å². The number of carbonyl (C=O) groups is 1. The highest BCUT2D eigenvalue weighted by Gasteiger charge is 2.36. The summed E-state index contributed by atoms with van der Waals surface area (Å²) >= 11 is 0. The Morgan fingerprint density at radius 3 is 1.67 bits per heavy atom. The zero-order valence-corrected chi connectivity index (χ0v) is 14.8. The van der Waals surface area contributed by atoms with E-state index < -0.39 is 56.4 Å². The second-order valence-corrected chi connectivity index (χ2v) is 16.2. The molecule has 0 aliphatic rings. The van der Waals surface area contributed by atoms with Crippen molar-refractivity contribution >= 4 is 27.5 Å². The minimum absolute atomic E-state index is 0.538. The summed E-state index contributed by atoms with van der Waals surface area (Å²) in [4.78, 5) is 11.9. The van der Waals surface area contributed by atoms with E-state index in [2.05, 4.69) is 0 Å². The second kappa shape index (κ2) is 5.56. The van der Waals surface area contributed by atoms with Crippen LogP contribution in [-0.4, -0.2) is 22.4 Å². The number of carbonyl (C=O) groups excluding carboxylic acids is 1. The van der Waals surface area contributed by atoms with Crippen LogP contribution >= 0.6 is 0 Å². The van der Waals surface area contributed by atoms with Gasteiger partial charge in [-0.25, -0.2) is 22.4 Å². The SMILES string of the molecule is C[Si](C)(C)OC(=O)c1c(F)c(F)c(F)c([Si](C)(C)C)c1F. The molecule has 0 amide bonds. The average Bonchev–Trinajstić information content (AvgIpc) is 2.21. The molecule has 0 saturated carbocycles. The highest BCUT2D eigenvalue weighted by molar-refractivity contribution is 6.88. The van der Waals surface area contributed by atoms with Crippen molar-refractivity contribution in [3.63, 3.8) is 0 Å². The second-order valence-electron chi connectivity index (χ2n) is 6.76. The Morgan fingerprint density at radius 1 is 0.810 bits per heavy atom. The number of hydrogen-bond acceptors (Lipinski definition) is 2. The van der Waals surface area contributed by atoms with Gasteiger partial charge in [0, 0.05) is 5.19 Å². The van der Waals surface area contributed by atoms with Gasteiger partial charge in [0.05, 0.1) is 8.07 Å². The van der Waals surface area contributed by atoms with Gasteiger partial charge in [0.2, 0.25) is 8.32 Å². The Kier molecular flexibility index (Phi) is 4.74. The van der Waals surface area contributed by atoms with E-state index >= 15 is 0 Å². The van der Waals surface area contributed by atoms with E-state index in [9.17, 15) is 22.4 Å². The minimum Gasteiger partial charge on any atom is -0.516 e. The van der Waals surface area contributed by atoms with Crippen LogP contribution in [0, 0.1) is 23.3 Å². The van der Waals surface area contributed by atoms with Gasteiger partial charge in [-0.2, -0.15) is 0 Å². The van der Waals surface area contributed by atoms with Gasteiger partial charge in [0.1, 0.15) is 11.4 Å². The molecule has 0 unspecified atom stereocenters. The number of rotatable bonds is 3. The fraction of sp³-hybridized carbons (Fsp3) is 0.462. The third kappa shape index (κ3) is 3.73. The summed E-state index contributed by atoms with van der Waals surface area (Å²) < 4.78 is 60.7.